The molecule has 1 aromatic heterocycles. The second-order valence-corrected chi connectivity index (χ2v) is 10.2. The molecular formula is C28H37N3O2. The molecule has 0 unspecified atom stereocenters. The van der Waals surface area contributed by atoms with Crippen molar-refractivity contribution in [1.82, 2.24) is 14.8 Å². The predicted molar refractivity (Wildman–Crippen MR) is 132 cm³/mol. The molecule has 0 atom stereocenters. The first-order valence-corrected chi connectivity index (χ1v) is 12.5. The number of hydrogen-bond acceptors (Lipinski definition) is 3. The van der Waals surface area contributed by atoms with Crippen LogP contribution in [0.5, 0.6) is 0 Å². The normalized spacial score (nSPS) is 18.4. The number of likely N-dealkylation sites (tertiary alicyclic amines) is 2. The van der Waals surface area contributed by atoms with E-state index in [4.69, 9.17) is 0 Å². The Hall–Kier alpha value is -2.69. The van der Waals surface area contributed by atoms with Crippen molar-refractivity contribution in [2.24, 2.45) is 11.3 Å². The Morgan fingerprint density at radius 2 is 1.61 bits per heavy atom. The zero-order chi connectivity index (χ0) is 23.3. The summed E-state index contributed by atoms with van der Waals surface area (Å²) in [5.41, 5.74) is 3.01. The number of carbonyl (C=O) groups is 2. The van der Waals surface area contributed by atoms with Crippen LogP contribution >= 0.6 is 0 Å². The molecule has 2 amide bonds. The largest absolute Gasteiger partial charge is 0.343 e. The van der Waals surface area contributed by atoms with Crippen LogP contribution < -0.4 is 0 Å². The number of hydrogen-bond donors (Lipinski definition) is 0. The van der Waals surface area contributed by atoms with E-state index in [2.05, 4.69) is 54.1 Å². The van der Waals surface area contributed by atoms with Gasteiger partial charge in [-0.2, -0.15) is 0 Å². The standard InChI is InChI=1S/C28H37N3O2/c1-22(2)19-26(32)30-17-12-28(13-18-30,27(33)31-15-4-3-5-16-31)20-23-8-10-24(11-9-23)25-7-6-14-29-21-25/h6-11,14,21-22H,3-5,12-13,15-20H2,1-2H3. The summed E-state index contributed by atoms with van der Waals surface area (Å²) in [6, 6.07) is 12.6. The minimum Gasteiger partial charge on any atom is -0.343 e. The van der Waals surface area contributed by atoms with Crippen LogP contribution in [-0.2, 0) is 16.0 Å². The lowest BCUT2D eigenvalue weighted by Gasteiger charge is -2.44. The molecule has 2 saturated heterocycles. The van der Waals surface area contributed by atoms with Crippen LogP contribution in [0, 0.1) is 11.3 Å². The van der Waals surface area contributed by atoms with Crippen molar-refractivity contribution >= 4 is 11.8 Å². The third kappa shape index (κ3) is 5.63. The van der Waals surface area contributed by atoms with Gasteiger partial charge in [0, 0.05) is 45.0 Å². The predicted octanol–water partition coefficient (Wildman–Crippen LogP) is 4.96. The summed E-state index contributed by atoms with van der Waals surface area (Å²) in [7, 11) is 0. The summed E-state index contributed by atoms with van der Waals surface area (Å²) in [5.74, 6) is 0.886. The first-order chi connectivity index (χ1) is 16.0. The van der Waals surface area contributed by atoms with E-state index in [1.54, 1.807) is 6.20 Å². The van der Waals surface area contributed by atoms with Crippen LogP contribution in [0.3, 0.4) is 0 Å². The molecule has 0 radical (unpaired) electrons. The molecule has 5 nitrogen and oxygen atoms in total. The Labute approximate surface area is 198 Å². The number of benzene rings is 1. The molecule has 2 aromatic rings. The number of aromatic nitrogens is 1. The monoisotopic (exact) mass is 447 g/mol. The number of amides is 2. The van der Waals surface area contributed by atoms with Crippen LogP contribution in [0.15, 0.2) is 48.8 Å². The molecule has 0 aliphatic carbocycles. The summed E-state index contributed by atoms with van der Waals surface area (Å²) in [5, 5.41) is 0. The maximum atomic E-state index is 13.8. The van der Waals surface area contributed by atoms with E-state index in [0.29, 0.717) is 31.3 Å². The second kappa shape index (κ2) is 10.5. The van der Waals surface area contributed by atoms with Crippen molar-refractivity contribution in [3.8, 4) is 11.1 Å². The maximum absolute atomic E-state index is 13.8. The van der Waals surface area contributed by atoms with E-state index < -0.39 is 5.41 Å². The minimum absolute atomic E-state index is 0.227. The molecule has 2 aliphatic rings. The van der Waals surface area contributed by atoms with E-state index in [9.17, 15) is 9.59 Å². The van der Waals surface area contributed by atoms with Crippen LogP contribution in [0.25, 0.3) is 11.1 Å². The maximum Gasteiger partial charge on any atom is 0.229 e. The number of pyridine rings is 1. The van der Waals surface area contributed by atoms with Crippen molar-refractivity contribution in [3.63, 3.8) is 0 Å². The topological polar surface area (TPSA) is 53.5 Å². The van der Waals surface area contributed by atoms with Gasteiger partial charge in [-0.25, -0.2) is 0 Å². The summed E-state index contributed by atoms with van der Waals surface area (Å²) in [6.45, 7) is 7.27. The Balaban J connectivity index is 1.52. The quantitative estimate of drug-likeness (QED) is 0.629. The average Bonchev–Trinajstić information content (AvgIpc) is 2.85. The number of carbonyl (C=O) groups excluding carboxylic acids is 2. The van der Waals surface area contributed by atoms with Gasteiger partial charge in [-0.05, 0) is 67.2 Å². The molecule has 0 spiro atoms. The average molecular weight is 448 g/mol. The van der Waals surface area contributed by atoms with Crippen molar-refractivity contribution in [2.45, 2.75) is 58.8 Å². The Morgan fingerprint density at radius 3 is 2.21 bits per heavy atom. The highest BCUT2D eigenvalue weighted by Gasteiger charge is 2.44. The third-order valence-corrected chi connectivity index (χ3v) is 7.24. The van der Waals surface area contributed by atoms with Crippen molar-refractivity contribution in [2.75, 3.05) is 26.2 Å². The van der Waals surface area contributed by atoms with Gasteiger partial charge in [0.1, 0.15) is 0 Å². The summed E-state index contributed by atoms with van der Waals surface area (Å²) in [4.78, 5) is 34.8. The molecule has 3 heterocycles. The highest BCUT2D eigenvalue weighted by molar-refractivity contribution is 5.84. The van der Waals surface area contributed by atoms with Crippen molar-refractivity contribution in [3.05, 3.63) is 54.4 Å². The lowest BCUT2D eigenvalue weighted by atomic mass is 9.72. The second-order valence-electron chi connectivity index (χ2n) is 10.2. The molecule has 1 aromatic carbocycles. The van der Waals surface area contributed by atoms with Gasteiger partial charge in [-0.3, -0.25) is 14.6 Å². The van der Waals surface area contributed by atoms with E-state index in [1.165, 1.54) is 12.0 Å². The van der Waals surface area contributed by atoms with Crippen LogP contribution in [0.4, 0.5) is 0 Å². The van der Waals surface area contributed by atoms with E-state index >= 15 is 0 Å². The van der Waals surface area contributed by atoms with Crippen molar-refractivity contribution in [1.29, 1.82) is 0 Å². The number of rotatable bonds is 6. The molecule has 33 heavy (non-hydrogen) atoms. The van der Waals surface area contributed by atoms with Gasteiger partial charge in [0.15, 0.2) is 0 Å². The highest BCUT2D eigenvalue weighted by atomic mass is 16.2. The van der Waals surface area contributed by atoms with Gasteiger partial charge in [0.05, 0.1) is 5.41 Å². The van der Waals surface area contributed by atoms with Crippen LogP contribution in [0.2, 0.25) is 0 Å². The Kier molecular flexibility index (Phi) is 7.46. The molecular weight excluding hydrogens is 410 g/mol. The fraction of sp³-hybridized carbons (Fsp3) is 0.536. The fourth-order valence-corrected chi connectivity index (χ4v) is 5.30. The number of piperidine rings is 2. The van der Waals surface area contributed by atoms with Gasteiger partial charge in [0.25, 0.3) is 0 Å². The summed E-state index contributed by atoms with van der Waals surface area (Å²) in [6.07, 6.45) is 9.88. The van der Waals surface area contributed by atoms with E-state index in [-0.39, 0.29) is 5.91 Å². The molecule has 0 N–H and O–H groups in total. The first kappa shape index (κ1) is 23.5. The van der Waals surface area contributed by atoms with Gasteiger partial charge in [-0.1, -0.05) is 44.2 Å². The fourth-order valence-electron chi connectivity index (χ4n) is 5.30. The van der Waals surface area contributed by atoms with Gasteiger partial charge < -0.3 is 9.80 Å². The Bertz CT molecular complexity index is 925. The minimum atomic E-state index is -0.415. The SMILES string of the molecule is CC(C)CC(=O)N1CCC(Cc2ccc(-c3cccnc3)cc2)(C(=O)N2CCCCC2)CC1. The zero-order valence-corrected chi connectivity index (χ0v) is 20.1. The molecule has 176 valence electrons. The summed E-state index contributed by atoms with van der Waals surface area (Å²) < 4.78 is 0. The molecule has 2 fully saturated rings. The third-order valence-electron chi connectivity index (χ3n) is 7.24. The first-order valence-electron chi connectivity index (χ1n) is 12.5. The molecule has 2 aliphatic heterocycles. The molecule has 0 bridgehead atoms. The smallest absolute Gasteiger partial charge is 0.229 e. The number of nitrogens with zero attached hydrogens (tertiary/aromatic N) is 3. The highest BCUT2D eigenvalue weighted by Crippen LogP contribution is 2.38. The van der Waals surface area contributed by atoms with Gasteiger partial charge >= 0.3 is 0 Å². The molecule has 0 saturated carbocycles. The molecule has 5 heteroatoms. The van der Waals surface area contributed by atoms with E-state index in [0.717, 1.165) is 56.3 Å². The van der Waals surface area contributed by atoms with Crippen LogP contribution in [0.1, 0.15) is 57.9 Å². The van der Waals surface area contributed by atoms with Crippen LogP contribution in [-0.4, -0.2) is 52.8 Å². The van der Waals surface area contributed by atoms with Crippen molar-refractivity contribution < 1.29 is 9.59 Å². The van der Waals surface area contributed by atoms with Gasteiger partial charge in [-0.15, -0.1) is 0 Å². The lowest BCUT2D eigenvalue weighted by Crippen LogP contribution is -2.53. The van der Waals surface area contributed by atoms with E-state index in [1.807, 2.05) is 17.2 Å². The Morgan fingerprint density at radius 1 is 0.909 bits per heavy atom. The summed E-state index contributed by atoms with van der Waals surface area (Å²) >= 11 is 0. The van der Waals surface area contributed by atoms with Gasteiger partial charge in [0.2, 0.25) is 11.8 Å². The lowest BCUT2D eigenvalue weighted by molar-refractivity contribution is -0.149. The molecule has 4 rings (SSSR count). The zero-order valence-electron chi connectivity index (χ0n) is 20.1.